The van der Waals surface area contributed by atoms with Gasteiger partial charge in [-0.15, -0.1) is 0 Å². The summed E-state index contributed by atoms with van der Waals surface area (Å²) in [5, 5.41) is 4.26. The van der Waals surface area contributed by atoms with Gasteiger partial charge >= 0.3 is 0 Å². The zero-order valence-corrected chi connectivity index (χ0v) is 13.1. The molecule has 0 saturated carbocycles. The molecule has 3 rings (SSSR count). The number of nitrogens with one attached hydrogen (secondary N) is 1. The van der Waals surface area contributed by atoms with Gasteiger partial charge in [0.05, 0.1) is 11.9 Å². The third-order valence-corrected chi connectivity index (χ3v) is 3.60. The van der Waals surface area contributed by atoms with Crippen LogP contribution in [0.3, 0.4) is 0 Å². The maximum absolute atomic E-state index is 4.26. The van der Waals surface area contributed by atoms with Crippen molar-refractivity contribution < 1.29 is 0 Å². The van der Waals surface area contributed by atoms with E-state index in [0.717, 1.165) is 16.9 Å². The summed E-state index contributed by atoms with van der Waals surface area (Å²) < 4.78 is 0. The maximum Gasteiger partial charge on any atom is 0.0561 e. The summed E-state index contributed by atoms with van der Waals surface area (Å²) in [6, 6.07) is 28.5. The quantitative estimate of drug-likeness (QED) is 0.536. The van der Waals surface area contributed by atoms with Gasteiger partial charge < -0.3 is 4.90 Å². The van der Waals surface area contributed by atoms with E-state index in [-0.39, 0.29) is 0 Å². The van der Waals surface area contributed by atoms with Crippen molar-refractivity contribution in [1.29, 1.82) is 0 Å². The van der Waals surface area contributed by atoms with Gasteiger partial charge in [-0.05, 0) is 42.0 Å². The van der Waals surface area contributed by atoms with Crippen molar-refractivity contribution in [3.8, 4) is 0 Å². The van der Waals surface area contributed by atoms with Gasteiger partial charge in [0, 0.05) is 18.4 Å². The molecule has 0 spiro atoms. The van der Waals surface area contributed by atoms with E-state index < -0.39 is 0 Å². The van der Waals surface area contributed by atoms with Gasteiger partial charge in [0.15, 0.2) is 0 Å². The molecule has 3 aromatic rings. The summed E-state index contributed by atoms with van der Waals surface area (Å²) in [7, 11) is 2.06. The molecule has 3 aromatic carbocycles. The monoisotopic (exact) mass is 301 g/mol. The highest BCUT2D eigenvalue weighted by atomic mass is 15.3. The molecule has 0 aliphatic rings. The lowest BCUT2D eigenvalue weighted by molar-refractivity contribution is 1.21. The number of nitrogens with zero attached hydrogens (tertiary/aromatic N) is 2. The minimum absolute atomic E-state index is 0.976. The Morgan fingerprint density at radius 2 is 1.30 bits per heavy atom. The first-order valence-electron chi connectivity index (χ1n) is 7.56. The Morgan fingerprint density at radius 1 is 0.739 bits per heavy atom. The van der Waals surface area contributed by atoms with Crippen LogP contribution in [0.4, 0.5) is 17.1 Å². The topological polar surface area (TPSA) is 27.6 Å². The average Bonchev–Trinajstić information content (AvgIpc) is 2.63. The zero-order chi connectivity index (χ0) is 15.9. The van der Waals surface area contributed by atoms with Gasteiger partial charge in [0.1, 0.15) is 0 Å². The summed E-state index contributed by atoms with van der Waals surface area (Å²) >= 11 is 0. The van der Waals surface area contributed by atoms with E-state index in [0.29, 0.717) is 0 Å². The Hall–Kier alpha value is -3.07. The number of hydrogen-bond acceptors (Lipinski definition) is 3. The normalized spacial score (nSPS) is 10.7. The molecule has 0 aliphatic carbocycles. The van der Waals surface area contributed by atoms with Crippen LogP contribution >= 0.6 is 0 Å². The van der Waals surface area contributed by atoms with E-state index in [1.807, 2.05) is 54.7 Å². The summed E-state index contributed by atoms with van der Waals surface area (Å²) in [4.78, 5) is 2.16. The number of benzene rings is 3. The van der Waals surface area contributed by atoms with Crippen molar-refractivity contribution in [3.05, 3.63) is 90.5 Å². The first-order chi connectivity index (χ1) is 11.3. The van der Waals surface area contributed by atoms with E-state index in [2.05, 4.69) is 58.9 Å². The lowest BCUT2D eigenvalue weighted by atomic mass is 10.2. The molecule has 0 aliphatic heterocycles. The lowest BCUT2D eigenvalue weighted by Crippen LogP contribution is -2.08. The predicted molar refractivity (Wildman–Crippen MR) is 98.6 cm³/mol. The average molecular weight is 301 g/mol. The fourth-order valence-corrected chi connectivity index (χ4v) is 2.28. The first-order valence-corrected chi connectivity index (χ1v) is 7.56. The van der Waals surface area contributed by atoms with Crippen LogP contribution in [0.2, 0.25) is 0 Å². The molecular formula is C20H19N3. The fraction of sp³-hybridized carbons (Fsp3) is 0.0500. The number of hydrazone groups is 1. The summed E-state index contributed by atoms with van der Waals surface area (Å²) in [5.41, 5.74) is 7.36. The van der Waals surface area contributed by atoms with Gasteiger partial charge in [0.2, 0.25) is 0 Å². The molecule has 23 heavy (non-hydrogen) atoms. The molecule has 0 heterocycles. The van der Waals surface area contributed by atoms with Gasteiger partial charge in [0.25, 0.3) is 0 Å². The molecule has 0 saturated heterocycles. The number of hydrogen-bond donors (Lipinski definition) is 1. The highest BCUT2D eigenvalue weighted by Crippen LogP contribution is 2.22. The van der Waals surface area contributed by atoms with E-state index in [1.54, 1.807) is 0 Å². The molecule has 0 bridgehead atoms. The van der Waals surface area contributed by atoms with Crippen molar-refractivity contribution >= 4 is 23.3 Å². The van der Waals surface area contributed by atoms with Crippen LogP contribution in [0.25, 0.3) is 0 Å². The number of anilines is 3. The Morgan fingerprint density at radius 3 is 1.96 bits per heavy atom. The zero-order valence-electron chi connectivity index (χ0n) is 13.1. The largest absolute Gasteiger partial charge is 0.345 e. The standard InChI is InChI=1S/C20H19N3/c1-23(19-10-6-3-7-11-19)20-14-12-17(13-15-20)16-21-22-18-8-4-2-5-9-18/h2-16,22H,1H3. The van der Waals surface area contributed by atoms with Crippen molar-refractivity contribution in [2.45, 2.75) is 0 Å². The molecule has 0 amide bonds. The molecule has 0 atom stereocenters. The molecule has 3 heteroatoms. The Labute approximate surface area is 136 Å². The number of para-hydroxylation sites is 2. The van der Waals surface area contributed by atoms with Gasteiger partial charge in [-0.1, -0.05) is 48.5 Å². The summed E-state index contributed by atoms with van der Waals surface area (Å²) in [6.45, 7) is 0. The summed E-state index contributed by atoms with van der Waals surface area (Å²) in [5.74, 6) is 0. The van der Waals surface area contributed by atoms with Gasteiger partial charge in [-0.3, -0.25) is 5.43 Å². The van der Waals surface area contributed by atoms with E-state index >= 15 is 0 Å². The minimum atomic E-state index is 0.976. The predicted octanol–water partition coefficient (Wildman–Crippen LogP) is 4.90. The second-order valence-corrected chi connectivity index (χ2v) is 5.22. The Bertz CT molecular complexity index is 750. The third kappa shape index (κ3) is 3.98. The SMILES string of the molecule is CN(c1ccccc1)c1ccc(C=NNc2ccccc2)cc1. The maximum atomic E-state index is 4.26. The van der Waals surface area contributed by atoms with Crippen molar-refractivity contribution in [2.24, 2.45) is 5.10 Å². The third-order valence-electron chi connectivity index (χ3n) is 3.60. The minimum Gasteiger partial charge on any atom is -0.345 e. The van der Waals surface area contributed by atoms with Crippen LogP contribution < -0.4 is 10.3 Å². The van der Waals surface area contributed by atoms with Gasteiger partial charge in [-0.2, -0.15) is 5.10 Å². The smallest absolute Gasteiger partial charge is 0.0561 e. The highest BCUT2D eigenvalue weighted by Gasteiger charge is 2.02. The van der Waals surface area contributed by atoms with Crippen LogP contribution in [-0.2, 0) is 0 Å². The van der Waals surface area contributed by atoms with E-state index in [1.165, 1.54) is 5.69 Å². The van der Waals surface area contributed by atoms with Crippen LogP contribution in [0.1, 0.15) is 5.56 Å². The molecule has 0 unspecified atom stereocenters. The van der Waals surface area contributed by atoms with Crippen molar-refractivity contribution in [1.82, 2.24) is 0 Å². The molecule has 0 radical (unpaired) electrons. The lowest BCUT2D eigenvalue weighted by Gasteiger charge is -2.19. The van der Waals surface area contributed by atoms with E-state index in [9.17, 15) is 0 Å². The molecule has 0 aromatic heterocycles. The molecule has 0 fully saturated rings. The second kappa shape index (κ2) is 7.27. The first kappa shape index (κ1) is 14.9. The van der Waals surface area contributed by atoms with Crippen LogP contribution in [0.15, 0.2) is 90.0 Å². The summed E-state index contributed by atoms with van der Waals surface area (Å²) in [6.07, 6.45) is 1.82. The molecule has 3 nitrogen and oxygen atoms in total. The molecular weight excluding hydrogens is 282 g/mol. The molecule has 1 N–H and O–H groups in total. The van der Waals surface area contributed by atoms with E-state index in [4.69, 9.17) is 0 Å². The fourth-order valence-electron chi connectivity index (χ4n) is 2.28. The highest BCUT2D eigenvalue weighted by molar-refractivity contribution is 5.81. The number of rotatable bonds is 5. The van der Waals surface area contributed by atoms with Crippen molar-refractivity contribution in [3.63, 3.8) is 0 Å². The van der Waals surface area contributed by atoms with Crippen LogP contribution in [0, 0.1) is 0 Å². The van der Waals surface area contributed by atoms with Crippen molar-refractivity contribution in [2.75, 3.05) is 17.4 Å². The van der Waals surface area contributed by atoms with Crippen LogP contribution in [0.5, 0.6) is 0 Å². The van der Waals surface area contributed by atoms with Gasteiger partial charge in [-0.25, -0.2) is 0 Å². The Kier molecular flexibility index (Phi) is 4.69. The Balaban J connectivity index is 1.65. The second-order valence-electron chi connectivity index (χ2n) is 5.22. The molecule has 114 valence electrons. The van der Waals surface area contributed by atoms with Crippen LogP contribution in [-0.4, -0.2) is 13.3 Å².